The second-order valence-electron chi connectivity index (χ2n) is 8.21. The maximum atomic E-state index is 6.45. The van der Waals surface area contributed by atoms with Gasteiger partial charge in [-0.1, -0.05) is 100 Å². The molecular formula is C29H38ClNS2. The molecule has 1 N–H and O–H groups in total. The van der Waals surface area contributed by atoms with Gasteiger partial charge in [-0.05, 0) is 67.5 Å². The van der Waals surface area contributed by atoms with Crippen molar-refractivity contribution < 1.29 is 0 Å². The highest BCUT2D eigenvalue weighted by Gasteiger charge is 2.13. The molecular weight excluding hydrogens is 462 g/mol. The quantitative estimate of drug-likeness (QED) is 0.148. The predicted octanol–water partition coefficient (Wildman–Crippen LogP) is 10.7. The minimum absolute atomic E-state index is 0.725. The maximum Gasteiger partial charge on any atom is 0.0700 e. The highest BCUT2D eigenvalue weighted by Crippen LogP contribution is 2.38. The Kier molecular flexibility index (Phi) is 12.9. The molecule has 4 heteroatoms. The number of benzene rings is 2. The van der Waals surface area contributed by atoms with Crippen LogP contribution in [0.25, 0.3) is 5.57 Å². The van der Waals surface area contributed by atoms with Gasteiger partial charge < -0.3 is 5.32 Å². The molecule has 0 aliphatic heterocycles. The second kappa shape index (κ2) is 15.4. The Morgan fingerprint density at radius 1 is 0.970 bits per heavy atom. The number of rotatable bonds is 15. The van der Waals surface area contributed by atoms with E-state index in [0.717, 1.165) is 37.3 Å². The van der Waals surface area contributed by atoms with Gasteiger partial charge in [0.1, 0.15) is 0 Å². The van der Waals surface area contributed by atoms with Gasteiger partial charge in [-0.25, -0.2) is 0 Å². The van der Waals surface area contributed by atoms with Gasteiger partial charge in [0.2, 0.25) is 0 Å². The van der Waals surface area contributed by atoms with Crippen molar-refractivity contribution in [2.45, 2.75) is 70.6 Å². The molecule has 0 heterocycles. The molecule has 0 fully saturated rings. The third kappa shape index (κ3) is 9.68. The van der Waals surface area contributed by atoms with E-state index in [0.29, 0.717) is 0 Å². The molecule has 33 heavy (non-hydrogen) atoms. The molecule has 0 atom stereocenters. The van der Waals surface area contributed by atoms with Gasteiger partial charge in [0, 0.05) is 26.1 Å². The third-order valence-corrected chi connectivity index (χ3v) is 7.93. The van der Waals surface area contributed by atoms with E-state index in [1.54, 1.807) is 11.8 Å². The summed E-state index contributed by atoms with van der Waals surface area (Å²) in [6.45, 7) is 14.9. The third-order valence-electron chi connectivity index (χ3n) is 5.47. The molecule has 178 valence electrons. The monoisotopic (exact) mass is 499 g/mol. The highest BCUT2D eigenvalue weighted by atomic mass is 35.5. The number of halogens is 1. The van der Waals surface area contributed by atoms with Crippen LogP contribution in [0.1, 0.15) is 69.9 Å². The molecule has 0 unspecified atom stereocenters. The number of allylic oxidation sites excluding steroid dienone is 2. The first-order valence-corrected chi connectivity index (χ1v) is 14.1. The van der Waals surface area contributed by atoms with Gasteiger partial charge >= 0.3 is 0 Å². The summed E-state index contributed by atoms with van der Waals surface area (Å²) in [6.07, 6.45) is 11.6. The molecule has 0 amide bonds. The highest BCUT2D eigenvalue weighted by molar-refractivity contribution is 8.07. The van der Waals surface area contributed by atoms with Crippen LogP contribution in [0.2, 0.25) is 5.02 Å². The summed E-state index contributed by atoms with van der Waals surface area (Å²) in [5, 5.41) is 5.00. The largest absolute Gasteiger partial charge is 0.350 e. The molecule has 0 radical (unpaired) electrons. The smallest absolute Gasteiger partial charge is 0.0700 e. The lowest BCUT2D eigenvalue weighted by Gasteiger charge is -2.16. The fourth-order valence-electron chi connectivity index (χ4n) is 3.63. The van der Waals surface area contributed by atoms with Crippen LogP contribution in [0.3, 0.4) is 0 Å². The number of hydrogen-bond acceptors (Lipinski definition) is 3. The van der Waals surface area contributed by atoms with Gasteiger partial charge in [0.25, 0.3) is 0 Å². The first-order valence-electron chi connectivity index (χ1n) is 11.9. The Labute approximate surface area is 215 Å². The molecule has 2 rings (SSSR count). The molecule has 0 bridgehead atoms. The van der Waals surface area contributed by atoms with Crippen molar-refractivity contribution >= 4 is 46.4 Å². The van der Waals surface area contributed by atoms with Gasteiger partial charge in [0.15, 0.2) is 0 Å². The lowest BCUT2D eigenvalue weighted by molar-refractivity contribution is 0.603. The fourth-order valence-corrected chi connectivity index (χ4v) is 5.66. The summed E-state index contributed by atoms with van der Waals surface area (Å²) < 4.78 is 0. The van der Waals surface area contributed by atoms with Crippen molar-refractivity contribution in [2.24, 2.45) is 0 Å². The molecule has 2 aromatic carbocycles. The lowest BCUT2D eigenvalue weighted by atomic mass is 10.0. The van der Waals surface area contributed by atoms with E-state index in [1.165, 1.54) is 55.6 Å². The van der Waals surface area contributed by atoms with E-state index in [4.69, 9.17) is 11.6 Å². The van der Waals surface area contributed by atoms with E-state index in [2.05, 4.69) is 68.7 Å². The van der Waals surface area contributed by atoms with E-state index in [-0.39, 0.29) is 0 Å². The van der Waals surface area contributed by atoms with E-state index in [1.807, 2.05) is 30.8 Å². The minimum atomic E-state index is 0.725. The zero-order valence-electron chi connectivity index (χ0n) is 20.4. The Morgan fingerprint density at radius 2 is 1.64 bits per heavy atom. The maximum absolute atomic E-state index is 6.45. The molecule has 0 aromatic heterocycles. The predicted molar refractivity (Wildman–Crippen MR) is 154 cm³/mol. The molecule has 1 nitrogen and oxygen atoms in total. The number of nitrogens with one attached hydrogen (secondary N) is 1. The average molecular weight is 500 g/mol. The van der Waals surface area contributed by atoms with Crippen molar-refractivity contribution in [3.05, 3.63) is 87.8 Å². The average Bonchev–Trinajstić information content (AvgIpc) is 2.80. The van der Waals surface area contributed by atoms with Gasteiger partial charge in [-0.2, -0.15) is 0 Å². The fraction of sp³-hybridized carbons (Fsp3) is 0.379. The summed E-state index contributed by atoms with van der Waals surface area (Å²) in [6, 6.07) is 14.6. The summed E-state index contributed by atoms with van der Waals surface area (Å²) in [4.78, 5) is 2.37. The lowest BCUT2D eigenvalue weighted by Crippen LogP contribution is -1.97. The van der Waals surface area contributed by atoms with Crippen LogP contribution in [0.15, 0.2) is 76.5 Å². The van der Waals surface area contributed by atoms with Crippen molar-refractivity contribution in [1.29, 1.82) is 0 Å². The van der Waals surface area contributed by atoms with Crippen LogP contribution in [0.4, 0.5) is 5.69 Å². The van der Waals surface area contributed by atoms with Gasteiger partial charge in [-0.15, -0.1) is 11.8 Å². The number of unbranched alkanes of at least 4 members (excludes halogenated alkanes) is 6. The van der Waals surface area contributed by atoms with Crippen LogP contribution in [0, 0.1) is 6.92 Å². The summed E-state index contributed by atoms with van der Waals surface area (Å²) in [5.41, 5.74) is 4.08. The summed E-state index contributed by atoms with van der Waals surface area (Å²) >= 11 is 9.98. The van der Waals surface area contributed by atoms with Crippen molar-refractivity contribution in [3.63, 3.8) is 0 Å². The minimum Gasteiger partial charge on any atom is -0.350 e. The first-order chi connectivity index (χ1) is 16.0. The SMILES string of the molecule is C=C(Nc1ccc(SCCCCCCCCC)cc1)S/C(=C\C)C(=C)c1c(C)cccc1Cl. The van der Waals surface area contributed by atoms with Gasteiger partial charge in [0.05, 0.1) is 5.03 Å². The summed E-state index contributed by atoms with van der Waals surface area (Å²) in [5.74, 6) is 1.19. The first kappa shape index (κ1) is 27.7. The number of hydrogen-bond donors (Lipinski definition) is 1. The molecule has 0 saturated carbocycles. The van der Waals surface area contributed by atoms with Crippen LogP contribution in [-0.2, 0) is 0 Å². The molecule has 0 aliphatic rings. The van der Waals surface area contributed by atoms with E-state index < -0.39 is 0 Å². The molecule has 2 aromatic rings. The topological polar surface area (TPSA) is 12.0 Å². The number of thioether (sulfide) groups is 2. The normalized spacial score (nSPS) is 11.5. The summed E-state index contributed by atoms with van der Waals surface area (Å²) in [7, 11) is 0. The van der Waals surface area contributed by atoms with Crippen molar-refractivity contribution in [2.75, 3.05) is 11.1 Å². The Bertz CT molecular complexity index is 911. The Balaban J connectivity index is 1.80. The van der Waals surface area contributed by atoms with Crippen molar-refractivity contribution in [1.82, 2.24) is 0 Å². The number of anilines is 1. The standard InChI is InChI=1S/C29H38ClNS2/c1-6-8-9-10-11-12-13-21-32-26-19-17-25(18-20-26)31-24(5)33-28(7-2)23(4)29-22(3)15-14-16-27(29)30/h7,14-20,31H,4-6,8-13,21H2,1-3H3/b28-7-. The van der Waals surface area contributed by atoms with Crippen molar-refractivity contribution in [3.8, 4) is 0 Å². The Hall–Kier alpha value is -1.55. The Morgan fingerprint density at radius 3 is 2.27 bits per heavy atom. The van der Waals surface area contributed by atoms with Gasteiger partial charge in [-0.3, -0.25) is 0 Å². The molecule has 0 saturated heterocycles. The van der Waals surface area contributed by atoms with Crippen LogP contribution in [-0.4, -0.2) is 5.75 Å². The van der Waals surface area contributed by atoms with Crippen LogP contribution >= 0.6 is 35.1 Å². The molecule has 0 spiro atoms. The second-order valence-corrected chi connectivity index (χ2v) is 10.9. The number of aryl methyl sites for hydroxylation is 1. The van der Waals surface area contributed by atoms with E-state index in [9.17, 15) is 0 Å². The van der Waals surface area contributed by atoms with Crippen LogP contribution < -0.4 is 5.32 Å². The zero-order chi connectivity index (χ0) is 24.1. The molecule has 0 aliphatic carbocycles. The zero-order valence-corrected chi connectivity index (χ0v) is 22.8. The van der Waals surface area contributed by atoms with Crippen LogP contribution in [0.5, 0.6) is 0 Å². The van der Waals surface area contributed by atoms with E-state index >= 15 is 0 Å².